The summed E-state index contributed by atoms with van der Waals surface area (Å²) in [4.78, 5) is 33.5. The highest BCUT2D eigenvalue weighted by molar-refractivity contribution is 7.11. The molecule has 30 heavy (non-hydrogen) atoms. The van der Waals surface area contributed by atoms with Crippen LogP contribution in [0, 0.1) is 12.8 Å². The van der Waals surface area contributed by atoms with Crippen LogP contribution < -0.4 is 10.2 Å². The third kappa shape index (κ3) is 4.09. The summed E-state index contributed by atoms with van der Waals surface area (Å²) >= 11 is 1.51. The molecule has 1 fully saturated rings. The summed E-state index contributed by atoms with van der Waals surface area (Å²) in [5.41, 5.74) is 2.71. The highest BCUT2D eigenvalue weighted by atomic mass is 32.1. The van der Waals surface area contributed by atoms with E-state index in [2.05, 4.69) is 24.3 Å². The molecule has 160 valence electrons. The number of anilines is 3. The Morgan fingerprint density at radius 3 is 2.90 bits per heavy atom. The van der Waals surface area contributed by atoms with Gasteiger partial charge in [0.1, 0.15) is 0 Å². The number of fused-ring (bicyclic) bond motifs is 2. The van der Waals surface area contributed by atoms with Gasteiger partial charge in [-0.2, -0.15) is 0 Å². The van der Waals surface area contributed by atoms with E-state index < -0.39 is 0 Å². The molecule has 3 heterocycles. The molecule has 0 aliphatic carbocycles. The second-order valence-electron chi connectivity index (χ2n) is 8.54. The number of thiophene rings is 1. The van der Waals surface area contributed by atoms with E-state index in [-0.39, 0.29) is 11.9 Å². The minimum absolute atomic E-state index is 0.0287. The number of carbonyl (C=O) groups excluding carboxylic acids is 2. The van der Waals surface area contributed by atoms with E-state index in [9.17, 15) is 9.59 Å². The molecule has 0 bridgehead atoms. The monoisotopic (exact) mass is 426 g/mol. The van der Waals surface area contributed by atoms with E-state index in [1.807, 2.05) is 41.5 Å². The predicted molar refractivity (Wildman–Crippen MR) is 123 cm³/mol. The van der Waals surface area contributed by atoms with Gasteiger partial charge in [0, 0.05) is 23.3 Å². The molecule has 1 N–H and O–H groups in total. The van der Waals surface area contributed by atoms with Crippen LogP contribution in [0.5, 0.6) is 0 Å². The molecule has 2 aromatic rings. The maximum atomic E-state index is 13.8. The highest BCUT2D eigenvalue weighted by Crippen LogP contribution is 2.43. The van der Waals surface area contributed by atoms with E-state index in [4.69, 9.17) is 0 Å². The van der Waals surface area contributed by atoms with Crippen LogP contribution in [0.15, 0.2) is 29.6 Å². The van der Waals surface area contributed by atoms with Crippen LogP contribution in [0.1, 0.15) is 40.9 Å². The first kappa shape index (κ1) is 20.9. The fourth-order valence-electron chi connectivity index (χ4n) is 4.48. The van der Waals surface area contributed by atoms with Gasteiger partial charge in [-0.25, -0.2) is 4.79 Å². The van der Waals surface area contributed by atoms with Gasteiger partial charge in [0.2, 0.25) is 0 Å². The molecular weight excluding hydrogens is 396 g/mol. The summed E-state index contributed by atoms with van der Waals surface area (Å²) < 4.78 is 0. The smallest absolute Gasteiger partial charge is 0.324 e. The summed E-state index contributed by atoms with van der Waals surface area (Å²) in [6.45, 7) is 4.60. The largest absolute Gasteiger partial charge is 0.329 e. The second-order valence-corrected chi connectivity index (χ2v) is 9.63. The summed E-state index contributed by atoms with van der Waals surface area (Å²) in [6, 6.07) is 7.54. The van der Waals surface area contributed by atoms with Crippen LogP contribution in [0.2, 0.25) is 0 Å². The molecule has 7 heteroatoms. The Morgan fingerprint density at radius 2 is 2.10 bits per heavy atom. The van der Waals surface area contributed by atoms with Gasteiger partial charge < -0.3 is 15.1 Å². The fourth-order valence-corrected chi connectivity index (χ4v) is 5.31. The van der Waals surface area contributed by atoms with Crippen LogP contribution >= 0.6 is 11.3 Å². The number of nitrogens with one attached hydrogen (secondary N) is 1. The Bertz CT molecular complexity index is 939. The quantitative estimate of drug-likeness (QED) is 0.754. The minimum Gasteiger partial charge on any atom is -0.324 e. The van der Waals surface area contributed by atoms with E-state index in [1.165, 1.54) is 17.8 Å². The molecule has 1 aromatic carbocycles. The summed E-state index contributed by atoms with van der Waals surface area (Å²) in [6.07, 6.45) is 4.50. The maximum Gasteiger partial charge on any atom is 0.329 e. The van der Waals surface area contributed by atoms with Crippen molar-refractivity contribution in [3.05, 3.63) is 40.1 Å². The number of likely N-dealkylation sites (tertiary alicyclic amines) is 1. The number of nitrogens with zero attached hydrogens (tertiary/aromatic N) is 3. The summed E-state index contributed by atoms with van der Waals surface area (Å²) in [5, 5.41) is 4.83. The Labute approximate surface area is 182 Å². The molecule has 4 rings (SSSR count). The molecule has 0 radical (unpaired) electrons. The van der Waals surface area contributed by atoms with E-state index in [0.29, 0.717) is 17.2 Å². The Hall–Kier alpha value is -2.38. The fraction of sp³-hybridized carbons (Fsp3) is 0.478. The lowest BCUT2D eigenvalue weighted by molar-refractivity contribution is 0.102. The number of urea groups is 1. The van der Waals surface area contributed by atoms with Crippen molar-refractivity contribution in [2.45, 2.75) is 32.6 Å². The van der Waals surface area contributed by atoms with Crippen molar-refractivity contribution in [2.75, 3.05) is 43.9 Å². The average Bonchev–Trinajstić information content (AvgIpc) is 3.04. The van der Waals surface area contributed by atoms with Crippen molar-refractivity contribution in [1.29, 1.82) is 0 Å². The standard InChI is InChI=1S/C23H30N4O2S/c1-16-21-18(15-30-16)22(28)24-19-10-4-5-11-20(19)27(21)23(29)26-13-7-9-17(14-26)8-6-12-25(2)3/h4-5,10-11,15,17H,6-9,12-14H2,1-3H3,(H,24,28). The first-order valence-electron chi connectivity index (χ1n) is 10.7. The molecule has 1 saturated heterocycles. The molecule has 0 saturated carbocycles. The third-order valence-electron chi connectivity index (χ3n) is 6.00. The average molecular weight is 427 g/mol. The van der Waals surface area contributed by atoms with Gasteiger partial charge >= 0.3 is 6.03 Å². The third-order valence-corrected chi connectivity index (χ3v) is 6.90. The Kier molecular flexibility index (Phi) is 6.11. The van der Waals surface area contributed by atoms with Gasteiger partial charge in [0.15, 0.2) is 0 Å². The number of amides is 3. The number of rotatable bonds is 4. The molecule has 2 aliphatic heterocycles. The van der Waals surface area contributed by atoms with E-state index >= 15 is 0 Å². The number of piperidine rings is 1. The number of benzene rings is 1. The zero-order chi connectivity index (χ0) is 21.3. The lowest BCUT2D eigenvalue weighted by atomic mass is 9.93. The van der Waals surface area contributed by atoms with E-state index in [0.717, 1.165) is 55.1 Å². The second kappa shape index (κ2) is 8.78. The Balaban J connectivity index is 1.62. The number of hydrogen-bond donors (Lipinski definition) is 1. The van der Waals surface area contributed by atoms with Crippen molar-refractivity contribution >= 4 is 40.3 Å². The molecule has 1 unspecified atom stereocenters. The molecule has 6 nitrogen and oxygen atoms in total. The van der Waals surface area contributed by atoms with Gasteiger partial charge in [-0.3, -0.25) is 9.69 Å². The van der Waals surface area contributed by atoms with Gasteiger partial charge in [-0.15, -0.1) is 11.3 Å². The zero-order valence-electron chi connectivity index (χ0n) is 18.0. The first-order chi connectivity index (χ1) is 14.5. The lowest BCUT2D eigenvalue weighted by Crippen LogP contribution is -2.46. The number of carbonyl (C=O) groups is 2. The topological polar surface area (TPSA) is 55.9 Å². The highest BCUT2D eigenvalue weighted by Gasteiger charge is 2.35. The maximum absolute atomic E-state index is 13.8. The zero-order valence-corrected chi connectivity index (χ0v) is 18.8. The number of aryl methyl sites for hydroxylation is 1. The van der Waals surface area contributed by atoms with Gasteiger partial charge in [-0.1, -0.05) is 12.1 Å². The van der Waals surface area contributed by atoms with Crippen molar-refractivity contribution in [3.63, 3.8) is 0 Å². The van der Waals surface area contributed by atoms with Crippen molar-refractivity contribution < 1.29 is 9.59 Å². The number of para-hydroxylation sites is 2. The molecule has 0 spiro atoms. The summed E-state index contributed by atoms with van der Waals surface area (Å²) in [7, 11) is 4.20. The lowest BCUT2D eigenvalue weighted by Gasteiger charge is -2.37. The van der Waals surface area contributed by atoms with Gasteiger partial charge in [0.05, 0.1) is 22.6 Å². The van der Waals surface area contributed by atoms with Crippen molar-refractivity contribution in [3.8, 4) is 0 Å². The molecule has 1 aromatic heterocycles. The van der Waals surface area contributed by atoms with Crippen LogP contribution in [-0.2, 0) is 0 Å². The van der Waals surface area contributed by atoms with Crippen LogP contribution in [0.4, 0.5) is 21.9 Å². The Morgan fingerprint density at radius 1 is 1.30 bits per heavy atom. The summed E-state index contributed by atoms with van der Waals surface area (Å²) in [5.74, 6) is 0.380. The predicted octanol–water partition coefficient (Wildman–Crippen LogP) is 4.93. The SMILES string of the molecule is Cc1scc2c1N(C(=O)N1CCCC(CCCN(C)C)C1)c1ccccc1NC2=O. The van der Waals surface area contributed by atoms with Crippen molar-refractivity contribution in [1.82, 2.24) is 9.80 Å². The first-order valence-corrected chi connectivity index (χ1v) is 11.6. The van der Waals surface area contributed by atoms with Crippen LogP contribution in [-0.4, -0.2) is 55.5 Å². The normalized spacial score (nSPS) is 18.7. The molecule has 3 amide bonds. The van der Waals surface area contributed by atoms with Gasteiger partial charge in [-0.05, 0) is 71.3 Å². The molecular formula is C23H30N4O2S. The van der Waals surface area contributed by atoms with E-state index in [1.54, 1.807) is 4.90 Å². The van der Waals surface area contributed by atoms with Crippen LogP contribution in [0.3, 0.4) is 0 Å². The van der Waals surface area contributed by atoms with Crippen molar-refractivity contribution in [2.24, 2.45) is 5.92 Å². The van der Waals surface area contributed by atoms with Crippen LogP contribution in [0.25, 0.3) is 0 Å². The minimum atomic E-state index is -0.155. The molecule has 2 aliphatic rings. The van der Waals surface area contributed by atoms with Gasteiger partial charge in [0.25, 0.3) is 5.91 Å². The molecule has 1 atom stereocenters. The number of hydrogen-bond acceptors (Lipinski definition) is 4.